The van der Waals surface area contributed by atoms with Crippen molar-refractivity contribution < 1.29 is 14.3 Å². The Morgan fingerprint density at radius 3 is 2.81 bits per heavy atom. The van der Waals surface area contributed by atoms with Crippen molar-refractivity contribution >= 4 is 28.5 Å². The van der Waals surface area contributed by atoms with Gasteiger partial charge in [0, 0.05) is 12.1 Å². The Morgan fingerprint density at radius 2 is 2.04 bits per heavy atom. The van der Waals surface area contributed by atoms with Crippen LogP contribution in [0.3, 0.4) is 0 Å². The number of carbonyl (C=O) groups is 2. The summed E-state index contributed by atoms with van der Waals surface area (Å²) in [6.45, 7) is 2.20. The third-order valence-electron chi connectivity index (χ3n) is 4.05. The van der Waals surface area contributed by atoms with Crippen LogP contribution < -0.4 is 10.1 Å². The first-order valence-electron chi connectivity index (χ1n) is 8.27. The van der Waals surface area contributed by atoms with Gasteiger partial charge in [0.2, 0.25) is 5.91 Å². The lowest BCUT2D eigenvalue weighted by Crippen LogP contribution is -2.37. The molecule has 0 aliphatic rings. The quantitative estimate of drug-likeness (QED) is 0.714. The lowest BCUT2D eigenvalue weighted by molar-refractivity contribution is -0.116. The molecule has 3 aromatic rings. The number of H-pyrrole nitrogens is 1. The Hall–Kier alpha value is -3.35. The zero-order chi connectivity index (χ0) is 18.5. The van der Waals surface area contributed by atoms with Gasteiger partial charge in [-0.05, 0) is 37.3 Å². The summed E-state index contributed by atoms with van der Waals surface area (Å²) in [6, 6.07) is 12.4. The molecule has 0 saturated carbocycles. The molecule has 2 aromatic carbocycles. The monoisotopic (exact) mass is 352 g/mol. The number of rotatable bonds is 6. The van der Waals surface area contributed by atoms with E-state index in [1.165, 1.54) is 4.90 Å². The van der Waals surface area contributed by atoms with Gasteiger partial charge in [-0.15, -0.1) is 0 Å². The number of anilines is 1. The number of fused-ring (bicyclic) bond motifs is 1. The first-order valence-corrected chi connectivity index (χ1v) is 8.27. The number of benzene rings is 2. The fraction of sp³-hybridized carbons (Fsp3) is 0.211. The average molecular weight is 352 g/mol. The van der Waals surface area contributed by atoms with E-state index >= 15 is 0 Å². The van der Waals surface area contributed by atoms with Crippen LogP contribution >= 0.6 is 0 Å². The van der Waals surface area contributed by atoms with Crippen LogP contribution in [0.15, 0.2) is 48.8 Å². The predicted octanol–water partition coefficient (Wildman–Crippen LogP) is 2.67. The van der Waals surface area contributed by atoms with Gasteiger partial charge < -0.3 is 19.9 Å². The number of carbonyl (C=O) groups excluding carboxylic acids is 2. The fourth-order valence-corrected chi connectivity index (χ4v) is 2.69. The second-order valence-electron chi connectivity index (χ2n) is 5.70. The van der Waals surface area contributed by atoms with Gasteiger partial charge in [-0.1, -0.05) is 12.1 Å². The van der Waals surface area contributed by atoms with Crippen molar-refractivity contribution in [1.82, 2.24) is 14.9 Å². The molecule has 3 rings (SSSR count). The maximum absolute atomic E-state index is 12.7. The van der Waals surface area contributed by atoms with E-state index in [0.29, 0.717) is 23.5 Å². The van der Waals surface area contributed by atoms with Crippen LogP contribution in [0, 0.1) is 0 Å². The summed E-state index contributed by atoms with van der Waals surface area (Å²) in [5.41, 5.74) is 2.65. The van der Waals surface area contributed by atoms with Crippen molar-refractivity contribution in [3.8, 4) is 5.75 Å². The van der Waals surface area contributed by atoms with E-state index in [1.54, 1.807) is 49.8 Å². The molecule has 0 unspecified atom stereocenters. The first-order chi connectivity index (χ1) is 12.6. The molecule has 7 heteroatoms. The molecule has 134 valence electrons. The largest absolute Gasteiger partial charge is 0.495 e. The third kappa shape index (κ3) is 3.66. The Kier molecular flexibility index (Phi) is 5.17. The molecule has 0 aliphatic heterocycles. The molecular formula is C19H20N4O3. The van der Waals surface area contributed by atoms with Gasteiger partial charge in [0.05, 0.1) is 30.2 Å². The molecule has 0 fully saturated rings. The number of ether oxygens (including phenoxy) is 1. The fourth-order valence-electron chi connectivity index (χ4n) is 2.69. The third-order valence-corrected chi connectivity index (χ3v) is 4.05. The number of aromatic amines is 1. The predicted molar refractivity (Wildman–Crippen MR) is 99.3 cm³/mol. The highest BCUT2D eigenvalue weighted by atomic mass is 16.5. The summed E-state index contributed by atoms with van der Waals surface area (Å²) in [6.07, 6.45) is 1.58. The average Bonchev–Trinajstić information content (AvgIpc) is 3.13. The summed E-state index contributed by atoms with van der Waals surface area (Å²) in [5, 5.41) is 2.78. The van der Waals surface area contributed by atoms with Crippen molar-refractivity contribution in [2.75, 3.05) is 25.5 Å². The van der Waals surface area contributed by atoms with Crippen LogP contribution in [0.1, 0.15) is 17.3 Å². The number of aromatic nitrogens is 2. The van der Waals surface area contributed by atoms with E-state index < -0.39 is 0 Å². The lowest BCUT2D eigenvalue weighted by atomic mass is 10.1. The van der Waals surface area contributed by atoms with Crippen LogP contribution in [-0.4, -0.2) is 46.9 Å². The van der Waals surface area contributed by atoms with Crippen molar-refractivity contribution in [2.45, 2.75) is 6.92 Å². The van der Waals surface area contributed by atoms with E-state index in [-0.39, 0.29) is 18.4 Å². The molecule has 7 nitrogen and oxygen atoms in total. The second-order valence-corrected chi connectivity index (χ2v) is 5.70. The first kappa shape index (κ1) is 17.5. The van der Waals surface area contributed by atoms with E-state index in [9.17, 15) is 9.59 Å². The Balaban J connectivity index is 1.71. The van der Waals surface area contributed by atoms with Crippen molar-refractivity contribution in [1.29, 1.82) is 0 Å². The molecule has 0 bridgehead atoms. The van der Waals surface area contributed by atoms with Gasteiger partial charge in [0.15, 0.2) is 0 Å². The SMILES string of the molecule is CCN(CC(=O)Nc1ccccc1OC)C(=O)c1ccc2nc[nH]c2c1. The number of amides is 2. The summed E-state index contributed by atoms with van der Waals surface area (Å²) in [5.74, 6) is 0.0754. The number of nitrogens with one attached hydrogen (secondary N) is 2. The van der Waals surface area contributed by atoms with Gasteiger partial charge in [-0.3, -0.25) is 9.59 Å². The van der Waals surface area contributed by atoms with E-state index in [4.69, 9.17) is 4.74 Å². The van der Waals surface area contributed by atoms with Crippen LogP contribution in [0.2, 0.25) is 0 Å². The number of likely N-dealkylation sites (N-methyl/N-ethyl adjacent to an activating group) is 1. The molecule has 0 atom stereocenters. The molecule has 0 aliphatic carbocycles. The van der Waals surface area contributed by atoms with Gasteiger partial charge in [0.25, 0.3) is 5.91 Å². The van der Waals surface area contributed by atoms with Crippen LogP contribution in [0.25, 0.3) is 11.0 Å². The number of imidazole rings is 1. The van der Waals surface area contributed by atoms with Crippen LogP contribution in [0.4, 0.5) is 5.69 Å². The molecular weight excluding hydrogens is 332 g/mol. The summed E-state index contributed by atoms with van der Waals surface area (Å²) >= 11 is 0. The minimum atomic E-state index is -0.285. The smallest absolute Gasteiger partial charge is 0.254 e. The minimum Gasteiger partial charge on any atom is -0.495 e. The Bertz CT molecular complexity index is 935. The standard InChI is InChI=1S/C19H20N4O3/c1-3-23(11-18(24)22-15-6-4-5-7-17(15)26-2)19(25)13-8-9-14-16(10-13)21-12-20-14/h4-10,12H,3,11H2,1-2H3,(H,20,21)(H,22,24). The van der Waals surface area contributed by atoms with Crippen molar-refractivity contribution in [2.24, 2.45) is 0 Å². The van der Waals surface area contributed by atoms with Gasteiger partial charge in [-0.2, -0.15) is 0 Å². The zero-order valence-corrected chi connectivity index (χ0v) is 14.7. The number of para-hydroxylation sites is 2. The van der Waals surface area contributed by atoms with E-state index in [0.717, 1.165) is 11.0 Å². The topological polar surface area (TPSA) is 87.3 Å². The van der Waals surface area contributed by atoms with E-state index in [2.05, 4.69) is 15.3 Å². The highest BCUT2D eigenvalue weighted by molar-refractivity contribution is 6.01. The van der Waals surface area contributed by atoms with Crippen LogP contribution in [-0.2, 0) is 4.79 Å². The Labute approximate surface area is 151 Å². The van der Waals surface area contributed by atoms with Crippen LogP contribution in [0.5, 0.6) is 5.75 Å². The molecule has 2 amide bonds. The molecule has 1 heterocycles. The lowest BCUT2D eigenvalue weighted by Gasteiger charge is -2.21. The van der Waals surface area contributed by atoms with Crippen molar-refractivity contribution in [3.05, 3.63) is 54.4 Å². The minimum absolute atomic E-state index is 0.0472. The molecule has 2 N–H and O–H groups in total. The van der Waals surface area contributed by atoms with Gasteiger partial charge >= 0.3 is 0 Å². The summed E-state index contributed by atoms with van der Waals surface area (Å²) < 4.78 is 5.22. The van der Waals surface area contributed by atoms with Gasteiger partial charge in [-0.25, -0.2) is 4.98 Å². The summed E-state index contributed by atoms with van der Waals surface area (Å²) in [4.78, 5) is 33.7. The maximum Gasteiger partial charge on any atom is 0.254 e. The number of hydrogen-bond donors (Lipinski definition) is 2. The number of hydrogen-bond acceptors (Lipinski definition) is 4. The van der Waals surface area contributed by atoms with Gasteiger partial charge in [0.1, 0.15) is 12.3 Å². The molecule has 0 radical (unpaired) electrons. The van der Waals surface area contributed by atoms with E-state index in [1.807, 2.05) is 13.0 Å². The highest BCUT2D eigenvalue weighted by Crippen LogP contribution is 2.23. The zero-order valence-electron chi connectivity index (χ0n) is 14.7. The molecule has 26 heavy (non-hydrogen) atoms. The second kappa shape index (κ2) is 7.69. The maximum atomic E-state index is 12.7. The molecule has 0 saturated heterocycles. The van der Waals surface area contributed by atoms with Crippen molar-refractivity contribution in [3.63, 3.8) is 0 Å². The number of nitrogens with zero attached hydrogens (tertiary/aromatic N) is 2. The number of methoxy groups -OCH3 is 1. The molecule has 0 spiro atoms. The normalized spacial score (nSPS) is 10.5. The molecule has 1 aromatic heterocycles. The Morgan fingerprint density at radius 1 is 1.23 bits per heavy atom. The highest BCUT2D eigenvalue weighted by Gasteiger charge is 2.18. The summed E-state index contributed by atoms with van der Waals surface area (Å²) in [7, 11) is 1.54.